The zero-order valence-corrected chi connectivity index (χ0v) is 21.1. The molecule has 0 atom stereocenters. The van der Waals surface area contributed by atoms with E-state index < -0.39 is 0 Å². The molecular weight excluding hydrogens is 611 g/mol. The molecule has 34 heavy (non-hydrogen) atoms. The normalized spacial score (nSPS) is 11.3. The van der Waals surface area contributed by atoms with Gasteiger partial charge in [-0.3, -0.25) is 4.79 Å². The van der Waals surface area contributed by atoms with Crippen LogP contribution in [0.1, 0.15) is 5.56 Å². The number of fused-ring (bicyclic) bond motifs is 2. The molecular formula is C25H14BrIN4O3. The lowest BCUT2D eigenvalue weighted by molar-refractivity contribution is 0.365. The third-order valence-corrected chi connectivity index (χ3v) is 6.36. The highest BCUT2D eigenvalue weighted by molar-refractivity contribution is 14.1. The summed E-state index contributed by atoms with van der Waals surface area (Å²) >= 11 is 5.60. The number of benzene rings is 3. The third kappa shape index (κ3) is 4.34. The fraction of sp³-hybridized carbons (Fsp3) is 0.0400. The average Bonchev–Trinajstić information content (AvgIpc) is 3.26. The van der Waals surface area contributed by atoms with E-state index in [0.29, 0.717) is 33.8 Å². The molecule has 5 rings (SSSR count). The number of nitriles is 1. The van der Waals surface area contributed by atoms with Crippen LogP contribution in [-0.2, 0) is 0 Å². The van der Waals surface area contributed by atoms with Gasteiger partial charge in [0.1, 0.15) is 17.4 Å². The van der Waals surface area contributed by atoms with Crippen molar-refractivity contribution in [3.05, 3.63) is 90.7 Å². The van der Waals surface area contributed by atoms with Crippen LogP contribution in [-0.4, -0.2) is 22.5 Å². The molecule has 0 aliphatic carbocycles. The molecule has 0 bridgehead atoms. The summed E-state index contributed by atoms with van der Waals surface area (Å²) in [5, 5.41) is 14.5. The fourth-order valence-electron chi connectivity index (χ4n) is 3.46. The number of hydrogen-bond acceptors (Lipinski definition) is 6. The van der Waals surface area contributed by atoms with Crippen molar-refractivity contribution in [3.63, 3.8) is 0 Å². The van der Waals surface area contributed by atoms with Crippen molar-refractivity contribution < 1.29 is 9.15 Å². The molecule has 0 aliphatic heterocycles. The summed E-state index contributed by atoms with van der Waals surface area (Å²) in [6.45, 7) is -0.0287. The summed E-state index contributed by atoms with van der Waals surface area (Å²) in [5.41, 5.74) is 1.69. The van der Waals surface area contributed by atoms with Crippen LogP contribution in [0, 0.1) is 14.9 Å². The van der Waals surface area contributed by atoms with Crippen molar-refractivity contribution in [1.82, 2.24) is 9.66 Å². The average molecular weight is 625 g/mol. The van der Waals surface area contributed by atoms with Crippen LogP contribution in [0.4, 0.5) is 0 Å². The lowest BCUT2D eigenvalue weighted by atomic mass is 10.2. The molecule has 0 spiro atoms. The maximum absolute atomic E-state index is 13.4. The maximum Gasteiger partial charge on any atom is 0.282 e. The van der Waals surface area contributed by atoms with Crippen LogP contribution in [0.5, 0.6) is 5.75 Å². The highest BCUT2D eigenvalue weighted by Gasteiger charge is 2.16. The molecule has 0 N–H and O–H groups in total. The van der Waals surface area contributed by atoms with Crippen molar-refractivity contribution in [1.29, 1.82) is 5.26 Å². The van der Waals surface area contributed by atoms with Crippen molar-refractivity contribution in [2.45, 2.75) is 0 Å². The van der Waals surface area contributed by atoms with Crippen LogP contribution in [0.2, 0.25) is 0 Å². The number of furan rings is 1. The van der Waals surface area contributed by atoms with Crippen molar-refractivity contribution >= 4 is 66.6 Å². The van der Waals surface area contributed by atoms with Gasteiger partial charge < -0.3 is 9.15 Å². The summed E-state index contributed by atoms with van der Waals surface area (Å²) in [4.78, 5) is 18.1. The van der Waals surface area contributed by atoms with Crippen LogP contribution >= 0.6 is 38.5 Å². The van der Waals surface area contributed by atoms with Gasteiger partial charge in [0.25, 0.3) is 5.56 Å². The summed E-state index contributed by atoms with van der Waals surface area (Å²) in [6, 6.07) is 22.0. The second kappa shape index (κ2) is 9.40. The summed E-state index contributed by atoms with van der Waals surface area (Å²) in [7, 11) is 0. The molecule has 0 amide bonds. The number of rotatable bonds is 5. The Morgan fingerprint density at radius 1 is 1.18 bits per heavy atom. The largest absolute Gasteiger partial charge is 0.478 e. The molecule has 9 heteroatoms. The predicted octanol–water partition coefficient (Wildman–Crippen LogP) is 5.96. The van der Waals surface area contributed by atoms with Gasteiger partial charge in [-0.1, -0.05) is 28.1 Å². The Morgan fingerprint density at radius 2 is 2.03 bits per heavy atom. The van der Waals surface area contributed by atoms with Gasteiger partial charge in [0.05, 0.1) is 20.7 Å². The second-order valence-electron chi connectivity index (χ2n) is 7.24. The highest BCUT2D eigenvalue weighted by Crippen LogP contribution is 2.29. The van der Waals surface area contributed by atoms with Gasteiger partial charge in [0.2, 0.25) is 5.82 Å². The van der Waals surface area contributed by atoms with E-state index in [9.17, 15) is 4.79 Å². The number of para-hydroxylation sites is 1. The van der Waals surface area contributed by atoms with E-state index in [4.69, 9.17) is 19.4 Å². The quantitative estimate of drug-likeness (QED) is 0.178. The van der Waals surface area contributed by atoms with Crippen molar-refractivity contribution in [2.24, 2.45) is 5.10 Å². The van der Waals surface area contributed by atoms with E-state index in [1.54, 1.807) is 36.5 Å². The van der Waals surface area contributed by atoms with Crippen molar-refractivity contribution in [2.75, 3.05) is 6.61 Å². The topological polar surface area (TPSA) is 93.4 Å². The molecule has 0 unspecified atom stereocenters. The van der Waals surface area contributed by atoms with Gasteiger partial charge in [-0.05, 0) is 82.8 Å². The SMILES string of the molecule is N#CCOc1ccc(C=Nn2c(-c3cc4cc(Br)ccc4o3)nc3ccccc3c2=O)cc1I. The highest BCUT2D eigenvalue weighted by atomic mass is 127. The molecule has 0 saturated heterocycles. The molecule has 166 valence electrons. The second-order valence-corrected chi connectivity index (χ2v) is 9.32. The minimum Gasteiger partial charge on any atom is -0.478 e. The fourth-order valence-corrected chi connectivity index (χ4v) is 4.54. The van der Waals surface area contributed by atoms with Gasteiger partial charge in [-0.15, -0.1) is 0 Å². The Balaban J connectivity index is 1.64. The van der Waals surface area contributed by atoms with Gasteiger partial charge in [0, 0.05) is 9.86 Å². The molecule has 5 aromatic rings. The first-order chi connectivity index (χ1) is 16.5. The lowest BCUT2D eigenvalue weighted by Gasteiger charge is -2.08. The van der Waals surface area contributed by atoms with Crippen LogP contribution in [0.3, 0.4) is 0 Å². The van der Waals surface area contributed by atoms with Gasteiger partial charge in [-0.25, -0.2) is 4.98 Å². The predicted molar refractivity (Wildman–Crippen MR) is 142 cm³/mol. The molecule has 2 aromatic heterocycles. The van der Waals surface area contributed by atoms with E-state index >= 15 is 0 Å². The molecule has 3 aromatic carbocycles. The number of nitrogens with zero attached hydrogens (tertiary/aromatic N) is 4. The Bertz CT molecular complexity index is 1680. The van der Waals surface area contributed by atoms with Gasteiger partial charge >= 0.3 is 0 Å². The molecule has 0 saturated carbocycles. The maximum atomic E-state index is 13.4. The minimum absolute atomic E-state index is 0.0287. The number of halogens is 2. The third-order valence-electron chi connectivity index (χ3n) is 5.02. The molecule has 2 heterocycles. The smallest absolute Gasteiger partial charge is 0.282 e. The first kappa shape index (κ1) is 22.3. The Morgan fingerprint density at radius 3 is 2.85 bits per heavy atom. The van der Waals surface area contributed by atoms with E-state index in [1.807, 2.05) is 42.5 Å². The Kier molecular flexibility index (Phi) is 6.17. The van der Waals surface area contributed by atoms with Gasteiger partial charge in [-0.2, -0.15) is 15.0 Å². The van der Waals surface area contributed by atoms with E-state index in [0.717, 1.165) is 19.0 Å². The van der Waals surface area contributed by atoms with E-state index in [-0.39, 0.29) is 12.2 Å². The molecule has 0 radical (unpaired) electrons. The van der Waals surface area contributed by atoms with Crippen LogP contribution in [0.25, 0.3) is 33.5 Å². The molecule has 7 nitrogen and oxygen atoms in total. The number of aromatic nitrogens is 2. The Labute approximate surface area is 215 Å². The standard InChI is InChI=1S/C25H14BrIN4O3/c26-17-6-8-21-16(12-17)13-23(34-21)24-30-20-4-2-1-3-18(20)25(32)31(24)29-14-15-5-7-22(19(27)11-15)33-10-9-28/h1-8,11-14H,10H2. The summed E-state index contributed by atoms with van der Waals surface area (Å²) in [5.74, 6) is 1.34. The van der Waals surface area contributed by atoms with Crippen LogP contribution in [0.15, 0.2) is 85.5 Å². The number of ether oxygens (including phenoxy) is 1. The summed E-state index contributed by atoms with van der Waals surface area (Å²) in [6.07, 6.45) is 1.58. The first-order valence-electron chi connectivity index (χ1n) is 10.1. The van der Waals surface area contributed by atoms with Crippen LogP contribution < -0.4 is 10.3 Å². The number of hydrogen-bond donors (Lipinski definition) is 0. The monoisotopic (exact) mass is 624 g/mol. The van der Waals surface area contributed by atoms with E-state index in [2.05, 4.69) is 43.6 Å². The lowest BCUT2D eigenvalue weighted by Crippen LogP contribution is -2.20. The minimum atomic E-state index is -0.304. The van der Waals surface area contributed by atoms with Gasteiger partial charge in [0.15, 0.2) is 12.4 Å². The first-order valence-corrected chi connectivity index (χ1v) is 12.0. The van der Waals surface area contributed by atoms with Crippen molar-refractivity contribution in [3.8, 4) is 23.4 Å². The molecule has 0 aliphatic rings. The Hall–Kier alpha value is -3.49. The molecule has 0 fully saturated rings. The van der Waals surface area contributed by atoms with E-state index in [1.165, 1.54) is 4.68 Å². The zero-order chi connectivity index (χ0) is 23.7. The summed E-state index contributed by atoms with van der Waals surface area (Å²) < 4.78 is 14.4. The zero-order valence-electron chi connectivity index (χ0n) is 17.4.